The van der Waals surface area contributed by atoms with Crippen molar-refractivity contribution >= 4 is 45.0 Å². The second-order valence-corrected chi connectivity index (χ2v) is 25.7. The van der Waals surface area contributed by atoms with E-state index in [9.17, 15) is 41.3 Å². The first-order valence-corrected chi connectivity index (χ1v) is 29.1. The van der Waals surface area contributed by atoms with Crippen LogP contribution < -0.4 is 45.9 Å². The summed E-state index contributed by atoms with van der Waals surface area (Å²) in [5, 5.41) is 32.1. The van der Waals surface area contributed by atoms with Crippen LogP contribution in [0.5, 0.6) is 23.0 Å². The summed E-state index contributed by atoms with van der Waals surface area (Å²) in [5.74, 6) is 1.24. The lowest BCUT2D eigenvalue weighted by molar-refractivity contribution is -0.120. The molecule has 4 aliphatic heterocycles. The fraction of sp³-hybridized carbons (Fsp3) is 0.596. The van der Waals surface area contributed by atoms with Crippen LogP contribution in [0, 0.1) is 22.7 Å². The predicted octanol–water partition coefficient (Wildman–Crippen LogP) is 2.65. The molecule has 3 aromatic carbocycles. The van der Waals surface area contributed by atoms with E-state index in [-0.39, 0.29) is 104 Å². The minimum atomic E-state index is -4.24. The molecule has 0 radical (unpaired) electrons. The van der Waals surface area contributed by atoms with Crippen LogP contribution in [-0.4, -0.2) is 164 Å². The van der Waals surface area contributed by atoms with Gasteiger partial charge in [0.1, 0.15) is 6.10 Å². The lowest BCUT2D eigenvalue weighted by atomic mass is 9.88. The van der Waals surface area contributed by atoms with Crippen LogP contribution in [-0.2, 0) is 50.3 Å². The number of benzene rings is 3. The maximum Gasteiger partial charge on any atom is 0.407 e. The number of aliphatic hydroxyl groups is 1. The summed E-state index contributed by atoms with van der Waals surface area (Å²) in [5.41, 5.74) is 5.10. The van der Waals surface area contributed by atoms with Crippen LogP contribution in [0.4, 0.5) is 4.79 Å². The molecule has 0 bridgehead atoms. The molecule has 3 aromatic rings. The highest BCUT2D eigenvalue weighted by atomic mass is 32.2. The van der Waals surface area contributed by atoms with E-state index in [1.807, 2.05) is 71.9 Å². The minimum absolute atomic E-state index is 0.0307. The van der Waals surface area contributed by atoms with Crippen molar-refractivity contribution in [3.8, 4) is 23.0 Å². The summed E-state index contributed by atoms with van der Waals surface area (Å²) in [7, 11) is -8.78. The Morgan fingerprint density at radius 2 is 1.32 bits per heavy atom. The van der Waals surface area contributed by atoms with Gasteiger partial charge in [-0.25, -0.2) is 21.6 Å². The van der Waals surface area contributed by atoms with Gasteiger partial charge in [0.2, 0.25) is 45.4 Å². The Balaban J connectivity index is 0.000000297. The Kier molecular flexibility index (Phi) is 22.0. The smallest absolute Gasteiger partial charge is 0.407 e. The number of carbonyl (C=O) groups excluding carboxylic acids is 3. The van der Waals surface area contributed by atoms with Gasteiger partial charge in [0, 0.05) is 51.4 Å². The lowest BCUT2D eigenvalue weighted by Gasteiger charge is -2.35. The molecule has 3 amide bonds. The Labute approximate surface area is 458 Å². The molecule has 0 saturated carbocycles. The molecule has 2 saturated heterocycles. The third kappa shape index (κ3) is 17.9. The summed E-state index contributed by atoms with van der Waals surface area (Å²) in [6, 6.07) is 17.3. The van der Waals surface area contributed by atoms with Gasteiger partial charge in [0.15, 0.2) is 29.3 Å². The maximum atomic E-state index is 14.3. The van der Waals surface area contributed by atoms with Crippen molar-refractivity contribution in [1.29, 1.82) is 0 Å². The highest BCUT2D eigenvalue weighted by Gasteiger charge is 2.44. The number of hydrogen-bond acceptors (Lipinski definition) is 18. The molecule has 0 aliphatic carbocycles. The minimum Gasteiger partial charge on any atom is -0.454 e. The summed E-state index contributed by atoms with van der Waals surface area (Å²) in [4.78, 5) is 36.9. The molecule has 2 fully saturated rings. The number of rotatable bonds is 27. The quantitative estimate of drug-likeness (QED) is 0.0540. The lowest BCUT2D eigenvalue weighted by Crippen LogP contribution is -2.52. The standard InChI is InChI=1S/C33H47BN4O11S.C19H31N3O5S/c1-33(2,12-13-35-30(40)17-36-34(3)42)20-38(50(43,44)23-9-10-27-28(16-23)48-21-47-27)18-26(39)25(15-22-7-5-4-6-8-22)37-32(41)49-29-19-46-31-24(29)11-14-45-31;1-14(2)11-22(12-19(3,4)7-8-21-18(23)10-20)28(24,25)15-5-6-16-17(9-15)27-13-26-16/h4-10,16,24-26,29,31,36,39,42H,11-15,17-21H2,1-3H3,(H,35,40)(H,37,41);5-6,9,14H,7-8,10-13,20H2,1-4H3,(H,21,23)/t24?,25-,26?,29?,31?;/m0./s1. The van der Waals surface area contributed by atoms with Gasteiger partial charge in [0.25, 0.3) is 0 Å². The highest BCUT2D eigenvalue weighted by Crippen LogP contribution is 2.38. The number of aliphatic hydroxyl groups excluding tert-OH is 1. The van der Waals surface area contributed by atoms with E-state index in [1.54, 1.807) is 12.1 Å². The topological polar surface area (TPSA) is 305 Å². The van der Waals surface area contributed by atoms with Crippen molar-refractivity contribution in [3.05, 3.63) is 72.3 Å². The molecule has 4 aliphatic rings. The summed E-state index contributed by atoms with van der Waals surface area (Å²) >= 11 is 0. The van der Waals surface area contributed by atoms with E-state index >= 15 is 0 Å². The second kappa shape index (κ2) is 27.7. The average molecular weight is 1130 g/mol. The maximum absolute atomic E-state index is 14.3. The largest absolute Gasteiger partial charge is 0.454 e. The first-order chi connectivity index (χ1) is 36.9. The van der Waals surface area contributed by atoms with Crippen molar-refractivity contribution < 1.29 is 74.5 Å². The molecule has 5 atom stereocenters. The van der Waals surface area contributed by atoms with Crippen molar-refractivity contribution in [2.75, 3.05) is 79.2 Å². The third-order valence-corrected chi connectivity index (χ3v) is 17.0. The van der Waals surface area contributed by atoms with Crippen LogP contribution in [0.2, 0.25) is 6.82 Å². The number of nitrogens with zero attached hydrogens (tertiary/aromatic N) is 2. The molecule has 78 heavy (non-hydrogen) atoms. The molecular formula is C52H78BN7O16S2. The Bertz CT molecular complexity index is 2710. The number of nitrogens with one attached hydrogen (secondary N) is 4. The van der Waals surface area contributed by atoms with Gasteiger partial charge in [-0.2, -0.15) is 8.61 Å². The Morgan fingerprint density at radius 3 is 1.86 bits per heavy atom. The Hall–Kier alpha value is -5.29. The first-order valence-electron chi connectivity index (χ1n) is 26.2. The third-order valence-electron chi connectivity index (χ3n) is 13.4. The number of nitrogens with two attached hydrogens (primary N) is 1. The van der Waals surface area contributed by atoms with E-state index in [0.29, 0.717) is 62.8 Å². The van der Waals surface area contributed by atoms with Gasteiger partial charge in [-0.3, -0.25) is 9.59 Å². The first kappa shape index (κ1) is 61.9. The zero-order valence-corrected chi connectivity index (χ0v) is 47.2. The van der Waals surface area contributed by atoms with Crippen LogP contribution in [0.3, 0.4) is 0 Å². The normalized spacial score (nSPS) is 18.5. The molecule has 7 rings (SSSR count). The zero-order chi connectivity index (χ0) is 56.8. The van der Waals surface area contributed by atoms with Gasteiger partial charge in [-0.1, -0.05) is 71.9 Å². The summed E-state index contributed by atoms with van der Waals surface area (Å²) in [6.45, 7) is 14.8. The Morgan fingerprint density at radius 1 is 0.782 bits per heavy atom. The fourth-order valence-corrected chi connectivity index (χ4v) is 12.7. The van der Waals surface area contributed by atoms with E-state index < -0.39 is 63.1 Å². The number of sulfonamides is 2. The number of ether oxygens (including phenoxy) is 7. The molecule has 23 nitrogen and oxygen atoms in total. The summed E-state index contributed by atoms with van der Waals surface area (Å²) < 4.78 is 96.2. The monoisotopic (exact) mass is 1130 g/mol. The predicted molar refractivity (Wildman–Crippen MR) is 288 cm³/mol. The van der Waals surface area contributed by atoms with E-state index in [4.69, 9.17) is 38.9 Å². The van der Waals surface area contributed by atoms with Crippen LogP contribution in [0.25, 0.3) is 0 Å². The molecule has 432 valence electrons. The number of amides is 3. The van der Waals surface area contributed by atoms with Crippen molar-refractivity contribution in [1.82, 2.24) is 29.8 Å². The SMILES string of the molecule is CB(O)NCC(=O)NCCC(C)(C)CN(CC(O)[C@H](Cc1ccccc1)NC(=O)OC1COC2OCCC12)S(=O)(=O)c1ccc2c(c1)OCO2.CC(C)CN(CC(C)(C)CCNC(=O)CN)S(=O)(=O)c1ccc2c(c1)OCO2. The van der Waals surface area contributed by atoms with Gasteiger partial charge < -0.3 is 70.2 Å². The number of hydrogen-bond donors (Lipinski definition) is 7. The van der Waals surface area contributed by atoms with Gasteiger partial charge in [0.05, 0.1) is 54.2 Å². The van der Waals surface area contributed by atoms with Crippen LogP contribution in [0.15, 0.2) is 76.5 Å². The van der Waals surface area contributed by atoms with Gasteiger partial charge in [-0.05, 0) is 79.1 Å². The molecular weight excluding hydrogens is 1050 g/mol. The number of fused-ring (bicyclic) bond motifs is 3. The highest BCUT2D eigenvalue weighted by molar-refractivity contribution is 7.89. The average Bonchev–Trinajstić information content (AvgIpc) is 4.23. The molecule has 8 N–H and O–H groups in total. The van der Waals surface area contributed by atoms with Gasteiger partial charge >= 0.3 is 13.1 Å². The molecule has 0 aromatic heterocycles. The molecule has 4 heterocycles. The van der Waals surface area contributed by atoms with Gasteiger partial charge in [-0.15, -0.1) is 0 Å². The van der Waals surface area contributed by atoms with E-state index in [2.05, 4.69) is 21.2 Å². The summed E-state index contributed by atoms with van der Waals surface area (Å²) in [6.07, 6.45) is -1.12. The fourth-order valence-electron chi connectivity index (χ4n) is 9.20. The van der Waals surface area contributed by atoms with Crippen LogP contribution >= 0.6 is 0 Å². The molecule has 4 unspecified atom stereocenters. The second-order valence-electron chi connectivity index (χ2n) is 21.8. The van der Waals surface area contributed by atoms with Crippen molar-refractivity contribution in [2.45, 2.75) is 108 Å². The number of carbonyl (C=O) groups is 3. The van der Waals surface area contributed by atoms with E-state index in [0.717, 1.165) is 5.56 Å². The molecule has 0 spiro atoms. The van der Waals surface area contributed by atoms with Crippen molar-refractivity contribution in [2.24, 2.45) is 28.4 Å². The molecule has 26 heteroatoms. The number of alkyl carbamates (subject to hydrolysis) is 1. The van der Waals surface area contributed by atoms with Crippen molar-refractivity contribution in [3.63, 3.8) is 0 Å². The zero-order valence-electron chi connectivity index (χ0n) is 45.6. The van der Waals surface area contributed by atoms with E-state index in [1.165, 1.54) is 39.7 Å². The van der Waals surface area contributed by atoms with Crippen LogP contribution in [0.1, 0.15) is 66.4 Å².